The Kier molecular flexibility index (Phi) is 6.12. The maximum atomic E-state index is 12.7. The van der Waals surface area contributed by atoms with Gasteiger partial charge in [-0.1, -0.05) is 6.07 Å². The van der Waals surface area contributed by atoms with Crippen LogP contribution in [-0.4, -0.2) is 60.9 Å². The highest BCUT2D eigenvalue weighted by Gasteiger charge is 2.25. The fraction of sp³-hybridized carbons (Fsp3) is 0.474. The molecule has 0 aromatic heterocycles. The van der Waals surface area contributed by atoms with Crippen molar-refractivity contribution in [3.8, 4) is 11.5 Å². The Hall–Kier alpha value is -2.54. The van der Waals surface area contributed by atoms with Gasteiger partial charge in [-0.05, 0) is 36.6 Å². The largest absolute Gasteiger partial charge is 0.486 e. The van der Waals surface area contributed by atoms with E-state index in [1.54, 1.807) is 11.0 Å². The predicted molar refractivity (Wildman–Crippen MR) is 94.3 cm³/mol. The molecule has 0 aliphatic carbocycles. The van der Waals surface area contributed by atoms with Crippen molar-refractivity contribution in [1.29, 1.82) is 0 Å². The van der Waals surface area contributed by atoms with Crippen LogP contribution in [0.15, 0.2) is 24.3 Å². The van der Waals surface area contributed by atoms with Crippen molar-refractivity contribution in [3.05, 3.63) is 29.8 Å². The molecular weight excluding hydrogens is 338 g/mol. The number of hydrogen-bond donors (Lipinski definition) is 1. The van der Waals surface area contributed by atoms with Gasteiger partial charge < -0.3 is 24.2 Å². The lowest BCUT2D eigenvalue weighted by Gasteiger charge is -2.33. The molecule has 0 spiro atoms. The van der Waals surface area contributed by atoms with E-state index in [1.807, 2.05) is 18.2 Å². The number of rotatable bonds is 6. The lowest BCUT2D eigenvalue weighted by molar-refractivity contribution is -0.138. The highest BCUT2D eigenvalue weighted by Crippen LogP contribution is 2.31. The van der Waals surface area contributed by atoms with E-state index in [1.165, 1.54) is 6.08 Å². The molecule has 0 bridgehead atoms. The van der Waals surface area contributed by atoms with Crippen LogP contribution >= 0.6 is 0 Å². The van der Waals surface area contributed by atoms with Gasteiger partial charge in [0.2, 0.25) is 5.91 Å². The average molecular weight is 361 g/mol. The number of carboxylic acid groups (broad SMARTS) is 1. The van der Waals surface area contributed by atoms with Crippen molar-refractivity contribution in [2.75, 3.05) is 33.0 Å². The number of ether oxygens (including phenoxy) is 3. The van der Waals surface area contributed by atoms with E-state index in [0.717, 1.165) is 18.4 Å². The van der Waals surface area contributed by atoms with Crippen LogP contribution in [-0.2, 0) is 14.3 Å². The van der Waals surface area contributed by atoms with Crippen molar-refractivity contribution >= 4 is 18.0 Å². The first-order chi connectivity index (χ1) is 12.6. The summed E-state index contributed by atoms with van der Waals surface area (Å²) in [7, 11) is 0. The number of carboxylic acids is 1. The third kappa shape index (κ3) is 4.76. The first kappa shape index (κ1) is 18.3. The lowest BCUT2D eigenvalue weighted by atomic mass is 10.1. The first-order valence-electron chi connectivity index (χ1n) is 8.81. The van der Waals surface area contributed by atoms with E-state index in [-0.39, 0.29) is 24.9 Å². The number of benzene rings is 1. The second-order valence-corrected chi connectivity index (χ2v) is 6.26. The van der Waals surface area contributed by atoms with Gasteiger partial charge in [-0.15, -0.1) is 0 Å². The van der Waals surface area contributed by atoms with Crippen molar-refractivity contribution in [2.45, 2.75) is 25.3 Å². The highest BCUT2D eigenvalue weighted by molar-refractivity contribution is 5.92. The molecule has 0 saturated carbocycles. The number of hydrogen-bond acceptors (Lipinski definition) is 5. The van der Waals surface area contributed by atoms with Crippen LogP contribution in [0.1, 0.15) is 24.8 Å². The van der Waals surface area contributed by atoms with Crippen LogP contribution in [0, 0.1) is 0 Å². The molecule has 26 heavy (non-hydrogen) atoms. The lowest BCUT2D eigenvalue weighted by Crippen LogP contribution is -2.43. The number of carbonyl (C=O) groups excluding carboxylic acids is 1. The molecule has 140 valence electrons. The van der Waals surface area contributed by atoms with Crippen LogP contribution < -0.4 is 9.47 Å². The molecular formula is C19H23NO6. The summed E-state index contributed by atoms with van der Waals surface area (Å²) in [5.74, 6) is 0.266. The van der Waals surface area contributed by atoms with E-state index < -0.39 is 5.97 Å². The third-order valence-corrected chi connectivity index (χ3v) is 4.47. The number of amides is 1. The molecule has 2 aliphatic rings. The van der Waals surface area contributed by atoms with Crippen LogP contribution in [0.4, 0.5) is 0 Å². The SMILES string of the molecule is O=C(O)CCN(C(=O)C=Cc1ccc2c(c1)OCCO2)C1CCOCC1. The molecule has 3 rings (SSSR count). The molecule has 0 radical (unpaired) electrons. The summed E-state index contributed by atoms with van der Waals surface area (Å²) in [6.07, 6.45) is 4.59. The molecule has 2 heterocycles. The van der Waals surface area contributed by atoms with Gasteiger partial charge in [0.1, 0.15) is 13.2 Å². The van der Waals surface area contributed by atoms with E-state index in [4.69, 9.17) is 19.3 Å². The number of aliphatic carboxylic acids is 1. The minimum atomic E-state index is -0.911. The Bertz CT molecular complexity index is 681. The van der Waals surface area contributed by atoms with Crippen molar-refractivity contribution in [1.82, 2.24) is 4.90 Å². The van der Waals surface area contributed by atoms with Crippen LogP contribution in [0.3, 0.4) is 0 Å². The Balaban J connectivity index is 1.69. The molecule has 1 N–H and O–H groups in total. The normalized spacial score (nSPS) is 17.2. The molecule has 1 amide bonds. The van der Waals surface area contributed by atoms with Crippen molar-refractivity contribution in [3.63, 3.8) is 0 Å². The summed E-state index contributed by atoms with van der Waals surface area (Å²) in [5.41, 5.74) is 0.827. The zero-order valence-electron chi connectivity index (χ0n) is 14.6. The molecule has 2 aliphatic heterocycles. The first-order valence-corrected chi connectivity index (χ1v) is 8.81. The quantitative estimate of drug-likeness (QED) is 0.780. The molecule has 0 atom stereocenters. The fourth-order valence-corrected chi connectivity index (χ4v) is 3.11. The minimum Gasteiger partial charge on any atom is -0.486 e. The van der Waals surface area contributed by atoms with Gasteiger partial charge in [0.25, 0.3) is 0 Å². The second kappa shape index (κ2) is 8.71. The number of fused-ring (bicyclic) bond motifs is 1. The number of carbonyl (C=O) groups is 2. The topological polar surface area (TPSA) is 85.3 Å². The van der Waals surface area contributed by atoms with Gasteiger partial charge in [0, 0.05) is 31.9 Å². The Morgan fingerprint density at radius 1 is 1.12 bits per heavy atom. The van der Waals surface area contributed by atoms with Gasteiger partial charge >= 0.3 is 5.97 Å². The Morgan fingerprint density at radius 2 is 1.85 bits per heavy atom. The summed E-state index contributed by atoms with van der Waals surface area (Å²) < 4.78 is 16.4. The summed E-state index contributed by atoms with van der Waals surface area (Å²) in [6.45, 7) is 2.42. The van der Waals surface area contributed by atoms with Gasteiger partial charge in [-0.25, -0.2) is 0 Å². The maximum absolute atomic E-state index is 12.7. The van der Waals surface area contributed by atoms with Crippen LogP contribution in [0.5, 0.6) is 11.5 Å². The summed E-state index contributed by atoms with van der Waals surface area (Å²) in [4.78, 5) is 25.2. The highest BCUT2D eigenvalue weighted by atomic mass is 16.6. The van der Waals surface area contributed by atoms with Crippen molar-refractivity contribution in [2.24, 2.45) is 0 Å². The third-order valence-electron chi connectivity index (χ3n) is 4.47. The van der Waals surface area contributed by atoms with Crippen LogP contribution in [0.2, 0.25) is 0 Å². The van der Waals surface area contributed by atoms with E-state index in [9.17, 15) is 9.59 Å². The maximum Gasteiger partial charge on any atom is 0.305 e. The number of nitrogens with zero attached hydrogens (tertiary/aromatic N) is 1. The molecule has 7 nitrogen and oxygen atoms in total. The molecule has 7 heteroatoms. The molecule has 1 aromatic carbocycles. The summed E-state index contributed by atoms with van der Waals surface area (Å²) in [5, 5.41) is 8.96. The predicted octanol–water partition coefficient (Wildman–Crippen LogP) is 1.95. The zero-order chi connectivity index (χ0) is 18.4. The van der Waals surface area contributed by atoms with E-state index in [0.29, 0.717) is 37.9 Å². The van der Waals surface area contributed by atoms with Crippen molar-refractivity contribution < 1.29 is 28.9 Å². The van der Waals surface area contributed by atoms with E-state index >= 15 is 0 Å². The fourth-order valence-electron chi connectivity index (χ4n) is 3.11. The van der Waals surface area contributed by atoms with Gasteiger partial charge in [-0.3, -0.25) is 9.59 Å². The zero-order valence-corrected chi connectivity index (χ0v) is 14.6. The molecule has 1 aromatic rings. The van der Waals surface area contributed by atoms with Gasteiger partial charge in [0.05, 0.1) is 6.42 Å². The average Bonchev–Trinajstić information content (AvgIpc) is 2.67. The standard InChI is InChI=1S/C19H23NO6/c21-18(20(8-5-19(22)23)15-6-9-24-10-7-15)4-2-14-1-3-16-17(13-14)26-12-11-25-16/h1-4,13,15H,5-12H2,(H,22,23). The second-order valence-electron chi connectivity index (χ2n) is 6.26. The molecule has 0 unspecified atom stereocenters. The van der Waals surface area contributed by atoms with Gasteiger partial charge in [-0.2, -0.15) is 0 Å². The van der Waals surface area contributed by atoms with Gasteiger partial charge in [0.15, 0.2) is 11.5 Å². The smallest absolute Gasteiger partial charge is 0.305 e. The molecule has 1 fully saturated rings. The molecule has 1 saturated heterocycles. The summed E-state index contributed by atoms with van der Waals surface area (Å²) >= 11 is 0. The monoisotopic (exact) mass is 361 g/mol. The Labute approximate surface area is 152 Å². The van der Waals surface area contributed by atoms with Crippen LogP contribution in [0.25, 0.3) is 6.08 Å². The Morgan fingerprint density at radius 3 is 2.58 bits per heavy atom. The van der Waals surface area contributed by atoms with E-state index in [2.05, 4.69) is 0 Å². The minimum absolute atomic E-state index is 0.0144. The summed E-state index contributed by atoms with van der Waals surface area (Å²) in [6, 6.07) is 5.52.